The van der Waals surface area contributed by atoms with Gasteiger partial charge in [-0.3, -0.25) is 4.79 Å². The van der Waals surface area contributed by atoms with Gasteiger partial charge in [0.1, 0.15) is 0 Å². The molecule has 1 aromatic rings. The number of rotatable bonds is 4. The SMILES string of the molecule is CC(CN)CC(=O)N(C)c1cc(Br)cs1. The van der Waals surface area contributed by atoms with E-state index in [2.05, 4.69) is 15.9 Å². The summed E-state index contributed by atoms with van der Waals surface area (Å²) in [5, 5.41) is 2.92. The van der Waals surface area contributed by atoms with E-state index in [0.717, 1.165) is 9.47 Å². The summed E-state index contributed by atoms with van der Waals surface area (Å²) < 4.78 is 1.01. The molecule has 1 amide bonds. The van der Waals surface area contributed by atoms with Crippen molar-refractivity contribution in [2.24, 2.45) is 11.7 Å². The minimum Gasteiger partial charge on any atom is -0.330 e. The highest BCUT2D eigenvalue weighted by atomic mass is 79.9. The van der Waals surface area contributed by atoms with Crippen LogP contribution in [0.3, 0.4) is 0 Å². The molecule has 0 radical (unpaired) electrons. The zero-order valence-corrected chi connectivity index (χ0v) is 11.3. The average molecular weight is 291 g/mol. The number of nitrogens with two attached hydrogens (primary N) is 1. The first-order valence-electron chi connectivity index (χ1n) is 4.75. The molecule has 0 aliphatic rings. The Balaban J connectivity index is 2.60. The summed E-state index contributed by atoms with van der Waals surface area (Å²) in [6.45, 7) is 2.53. The van der Waals surface area contributed by atoms with E-state index < -0.39 is 0 Å². The molecule has 3 nitrogen and oxygen atoms in total. The summed E-state index contributed by atoms with van der Waals surface area (Å²) in [7, 11) is 1.80. The van der Waals surface area contributed by atoms with E-state index >= 15 is 0 Å². The van der Waals surface area contributed by atoms with Crippen molar-refractivity contribution in [3.8, 4) is 0 Å². The second kappa shape index (κ2) is 5.63. The fourth-order valence-corrected chi connectivity index (χ4v) is 2.52. The molecular weight excluding hydrogens is 276 g/mol. The molecule has 0 spiro atoms. The fraction of sp³-hybridized carbons (Fsp3) is 0.500. The van der Waals surface area contributed by atoms with Gasteiger partial charge in [-0.05, 0) is 34.5 Å². The van der Waals surface area contributed by atoms with Gasteiger partial charge in [0, 0.05) is 23.3 Å². The molecule has 15 heavy (non-hydrogen) atoms. The van der Waals surface area contributed by atoms with Crippen molar-refractivity contribution in [3.63, 3.8) is 0 Å². The Morgan fingerprint density at radius 1 is 1.73 bits per heavy atom. The van der Waals surface area contributed by atoms with Crippen molar-refractivity contribution in [2.45, 2.75) is 13.3 Å². The first kappa shape index (κ1) is 12.7. The molecule has 0 fully saturated rings. The minimum atomic E-state index is 0.113. The van der Waals surface area contributed by atoms with Crippen LogP contribution in [-0.2, 0) is 4.79 Å². The number of carbonyl (C=O) groups excluding carboxylic acids is 1. The number of carbonyl (C=O) groups is 1. The van der Waals surface area contributed by atoms with E-state index in [4.69, 9.17) is 5.73 Å². The molecule has 1 unspecified atom stereocenters. The van der Waals surface area contributed by atoms with Crippen LogP contribution in [0.4, 0.5) is 5.00 Å². The minimum absolute atomic E-state index is 0.113. The summed E-state index contributed by atoms with van der Waals surface area (Å²) in [6.07, 6.45) is 0.502. The summed E-state index contributed by atoms with van der Waals surface area (Å²) in [5.74, 6) is 0.352. The van der Waals surface area contributed by atoms with Crippen LogP contribution < -0.4 is 10.6 Å². The van der Waals surface area contributed by atoms with Gasteiger partial charge in [0.05, 0.1) is 5.00 Å². The molecule has 0 aliphatic carbocycles. The van der Waals surface area contributed by atoms with Gasteiger partial charge in [-0.2, -0.15) is 0 Å². The van der Waals surface area contributed by atoms with Gasteiger partial charge in [-0.1, -0.05) is 6.92 Å². The molecule has 0 aromatic carbocycles. The maximum atomic E-state index is 11.8. The zero-order valence-electron chi connectivity index (χ0n) is 8.87. The maximum Gasteiger partial charge on any atom is 0.227 e. The van der Waals surface area contributed by atoms with Crippen LogP contribution in [0.25, 0.3) is 0 Å². The van der Waals surface area contributed by atoms with E-state index in [1.165, 1.54) is 0 Å². The van der Waals surface area contributed by atoms with Crippen molar-refractivity contribution < 1.29 is 4.79 Å². The molecule has 1 rings (SSSR count). The number of anilines is 1. The van der Waals surface area contributed by atoms with Gasteiger partial charge in [-0.25, -0.2) is 0 Å². The Bertz CT molecular complexity index is 340. The lowest BCUT2D eigenvalue weighted by molar-refractivity contribution is -0.119. The van der Waals surface area contributed by atoms with Crippen LogP contribution in [0.1, 0.15) is 13.3 Å². The second-order valence-electron chi connectivity index (χ2n) is 3.60. The first-order valence-corrected chi connectivity index (χ1v) is 6.42. The number of amides is 1. The van der Waals surface area contributed by atoms with Crippen LogP contribution in [0.2, 0.25) is 0 Å². The van der Waals surface area contributed by atoms with Crippen molar-refractivity contribution >= 4 is 38.2 Å². The summed E-state index contributed by atoms with van der Waals surface area (Å²) in [4.78, 5) is 13.5. The number of hydrogen-bond acceptors (Lipinski definition) is 3. The molecule has 2 N–H and O–H groups in total. The number of hydrogen-bond donors (Lipinski definition) is 1. The smallest absolute Gasteiger partial charge is 0.227 e. The summed E-state index contributed by atoms with van der Waals surface area (Å²) in [5.41, 5.74) is 5.49. The van der Waals surface area contributed by atoms with E-state index in [1.54, 1.807) is 23.3 Å². The predicted octanol–water partition coefficient (Wildman–Crippen LogP) is 2.46. The lowest BCUT2D eigenvalue weighted by Crippen LogP contribution is -2.28. The Labute approximate surface area is 102 Å². The number of halogens is 1. The van der Waals surface area contributed by atoms with Gasteiger partial charge in [-0.15, -0.1) is 11.3 Å². The highest BCUT2D eigenvalue weighted by Gasteiger charge is 2.15. The molecule has 0 aliphatic heterocycles. The summed E-state index contributed by atoms with van der Waals surface area (Å²) in [6, 6.07) is 1.94. The Hall–Kier alpha value is -0.390. The van der Waals surface area contributed by atoms with Crippen molar-refractivity contribution in [3.05, 3.63) is 15.9 Å². The van der Waals surface area contributed by atoms with Gasteiger partial charge in [0.25, 0.3) is 0 Å². The largest absolute Gasteiger partial charge is 0.330 e. The monoisotopic (exact) mass is 290 g/mol. The number of thiophene rings is 1. The lowest BCUT2D eigenvalue weighted by Gasteiger charge is -2.17. The third kappa shape index (κ3) is 3.59. The standard InChI is InChI=1S/C10H15BrN2OS/c1-7(5-12)3-9(14)13(2)10-4-8(11)6-15-10/h4,6-7H,3,5,12H2,1-2H3. The fourth-order valence-electron chi connectivity index (χ4n) is 1.12. The van der Waals surface area contributed by atoms with E-state index in [9.17, 15) is 4.79 Å². The van der Waals surface area contributed by atoms with Crippen LogP contribution in [-0.4, -0.2) is 19.5 Å². The van der Waals surface area contributed by atoms with E-state index in [0.29, 0.717) is 13.0 Å². The Morgan fingerprint density at radius 2 is 2.40 bits per heavy atom. The van der Waals surface area contributed by atoms with Crippen molar-refractivity contribution in [2.75, 3.05) is 18.5 Å². The van der Waals surface area contributed by atoms with E-state index in [1.807, 2.05) is 18.4 Å². The highest BCUT2D eigenvalue weighted by Crippen LogP contribution is 2.27. The topological polar surface area (TPSA) is 46.3 Å². The number of nitrogens with zero attached hydrogens (tertiary/aromatic N) is 1. The molecule has 5 heteroatoms. The lowest BCUT2D eigenvalue weighted by atomic mass is 10.1. The third-order valence-electron chi connectivity index (χ3n) is 2.18. The summed E-state index contributed by atoms with van der Waals surface area (Å²) >= 11 is 4.91. The van der Waals surface area contributed by atoms with Gasteiger partial charge in [0.15, 0.2) is 0 Å². The quantitative estimate of drug-likeness (QED) is 0.926. The van der Waals surface area contributed by atoms with Crippen molar-refractivity contribution in [1.29, 1.82) is 0 Å². The normalized spacial score (nSPS) is 12.5. The second-order valence-corrected chi connectivity index (χ2v) is 5.41. The molecule has 1 aromatic heterocycles. The van der Waals surface area contributed by atoms with Crippen LogP contribution in [0, 0.1) is 5.92 Å². The zero-order chi connectivity index (χ0) is 11.4. The van der Waals surface area contributed by atoms with Gasteiger partial charge < -0.3 is 10.6 Å². The molecule has 84 valence electrons. The third-order valence-corrected chi connectivity index (χ3v) is 3.95. The maximum absolute atomic E-state index is 11.8. The van der Waals surface area contributed by atoms with Crippen LogP contribution in [0.5, 0.6) is 0 Å². The van der Waals surface area contributed by atoms with E-state index in [-0.39, 0.29) is 11.8 Å². The molecule has 1 atom stereocenters. The first-order chi connectivity index (χ1) is 7.04. The average Bonchev–Trinajstić information content (AvgIpc) is 2.63. The van der Waals surface area contributed by atoms with Crippen LogP contribution in [0.15, 0.2) is 15.9 Å². The molecule has 0 saturated carbocycles. The van der Waals surface area contributed by atoms with Gasteiger partial charge >= 0.3 is 0 Å². The highest BCUT2D eigenvalue weighted by molar-refractivity contribution is 9.10. The van der Waals surface area contributed by atoms with Gasteiger partial charge in [0.2, 0.25) is 5.91 Å². The van der Waals surface area contributed by atoms with Crippen molar-refractivity contribution in [1.82, 2.24) is 0 Å². The molecule has 1 heterocycles. The molecule has 0 bridgehead atoms. The Morgan fingerprint density at radius 3 is 2.87 bits per heavy atom. The molecule has 0 saturated heterocycles. The molecular formula is C10H15BrN2OS. The predicted molar refractivity (Wildman–Crippen MR) is 68.3 cm³/mol. The Kier molecular flexibility index (Phi) is 4.76. The van der Waals surface area contributed by atoms with Crippen LogP contribution >= 0.6 is 27.3 Å².